The molecule has 10 heteroatoms. The Morgan fingerprint density at radius 2 is 1.79 bits per heavy atom. The van der Waals surface area contributed by atoms with Gasteiger partial charge in [-0.1, -0.05) is 53.4 Å². The number of rotatable bonds is 6. The molecule has 160 valence electrons. The minimum Gasteiger partial charge on any atom is -0.325 e. The Morgan fingerprint density at radius 1 is 0.970 bits per heavy atom. The van der Waals surface area contributed by atoms with E-state index in [1.165, 1.54) is 11.8 Å². The second-order valence-corrected chi connectivity index (χ2v) is 7.92. The number of fused-ring (bicyclic) bond motifs is 1. The van der Waals surface area contributed by atoms with Gasteiger partial charge in [0, 0.05) is 5.69 Å². The number of carbonyl (C=O) groups is 1. The number of amides is 1. The number of aromatic nitrogens is 6. The van der Waals surface area contributed by atoms with Gasteiger partial charge in [0.15, 0.2) is 5.16 Å². The average Bonchev–Trinajstić information content (AvgIpc) is 3.47. The molecule has 1 N–H and O–H groups in total. The lowest BCUT2D eigenvalue weighted by atomic mass is 10.2. The number of nitriles is 1. The van der Waals surface area contributed by atoms with Gasteiger partial charge in [-0.3, -0.25) is 9.36 Å². The fourth-order valence-electron chi connectivity index (χ4n) is 3.31. The fourth-order valence-corrected chi connectivity index (χ4v) is 4.05. The van der Waals surface area contributed by atoms with E-state index in [9.17, 15) is 4.79 Å². The standard InChI is InChI=1S/C23H16N8OS/c24-14-16-7-6-8-17(13-16)25-21(32)15-33-23-28-27-22(30(23)18-9-2-1-3-10-18)31-20-12-5-4-11-19(20)26-29-31/h1-13H,15H2,(H,25,32). The Bertz CT molecular complexity index is 1490. The number of nitrogens with one attached hydrogen (secondary N) is 1. The van der Waals surface area contributed by atoms with Crippen molar-refractivity contribution in [3.8, 4) is 17.7 Å². The van der Waals surface area contributed by atoms with E-state index >= 15 is 0 Å². The Labute approximate surface area is 192 Å². The summed E-state index contributed by atoms with van der Waals surface area (Å²) in [5.41, 5.74) is 3.43. The Morgan fingerprint density at radius 3 is 2.64 bits per heavy atom. The van der Waals surface area contributed by atoms with Gasteiger partial charge in [0.05, 0.1) is 28.6 Å². The molecule has 0 aliphatic heterocycles. The van der Waals surface area contributed by atoms with E-state index < -0.39 is 0 Å². The zero-order valence-electron chi connectivity index (χ0n) is 17.2. The van der Waals surface area contributed by atoms with Gasteiger partial charge in [-0.2, -0.15) is 9.94 Å². The van der Waals surface area contributed by atoms with E-state index in [2.05, 4.69) is 31.9 Å². The molecule has 0 saturated carbocycles. The van der Waals surface area contributed by atoms with Crippen molar-refractivity contribution in [3.05, 3.63) is 84.4 Å². The number of carbonyl (C=O) groups excluding carboxylic acids is 1. The first-order chi connectivity index (χ1) is 16.2. The summed E-state index contributed by atoms with van der Waals surface area (Å²) in [6.45, 7) is 0. The first-order valence-corrected chi connectivity index (χ1v) is 11.0. The maximum Gasteiger partial charge on any atom is 0.259 e. The molecule has 0 saturated heterocycles. The summed E-state index contributed by atoms with van der Waals surface area (Å²) in [4.78, 5) is 12.5. The lowest BCUT2D eigenvalue weighted by Crippen LogP contribution is -2.15. The molecule has 0 unspecified atom stereocenters. The lowest BCUT2D eigenvalue weighted by molar-refractivity contribution is -0.113. The van der Waals surface area contributed by atoms with Crippen molar-refractivity contribution in [2.75, 3.05) is 11.1 Å². The highest BCUT2D eigenvalue weighted by Gasteiger charge is 2.19. The zero-order chi connectivity index (χ0) is 22.6. The predicted molar refractivity (Wildman–Crippen MR) is 124 cm³/mol. The number of hydrogen-bond donors (Lipinski definition) is 1. The molecule has 3 aromatic carbocycles. The van der Waals surface area contributed by atoms with Crippen LogP contribution in [0.5, 0.6) is 0 Å². The third-order valence-electron chi connectivity index (χ3n) is 4.78. The summed E-state index contributed by atoms with van der Waals surface area (Å²) in [5, 5.41) is 29.5. The van der Waals surface area contributed by atoms with Gasteiger partial charge in [0.25, 0.3) is 5.95 Å². The largest absolute Gasteiger partial charge is 0.325 e. The van der Waals surface area contributed by atoms with Crippen LogP contribution in [0.15, 0.2) is 84.0 Å². The van der Waals surface area contributed by atoms with Crippen molar-refractivity contribution in [2.45, 2.75) is 5.16 Å². The smallest absolute Gasteiger partial charge is 0.259 e. The molecular formula is C23H16N8OS. The normalized spacial score (nSPS) is 10.8. The second kappa shape index (κ2) is 8.94. The monoisotopic (exact) mass is 452 g/mol. The van der Waals surface area contributed by atoms with Crippen molar-refractivity contribution in [2.24, 2.45) is 0 Å². The summed E-state index contributed by atoms with van der Waals surface area (Å²) in [7, 11) is 0. The SMILES string of the molecule is N#Cc1cccc(NC(=O)CSc2nnc(-n3nnc4ccccc43)n2-c2ccccc2)c1. The van der Waals surface area contributed by atoms with Crippen LogP contribution in [0.3, 0.4) is 0 Å². The highest BCUT2D eigenvalue weighted by Crippen LogP contribution is 2.25. The van der Waals surface area contributed by atoms with Gasteiger partial charge >= 0.3 is 0 Å². The van der Waals surface area contributed by atoms with Gasteiger partial charge in [-0.15, -0.1) is 15.3 Å². The van der Waals surface area contributed by atoms with Crippen molar-refractivity contribution in [1.82, 2.24) is 29.8 Å². The molecule has 0 atom stereocenters. The molecule has 0 aliphatic carbocycles. The van der Waals surface area contributed by atoms with Crippen LogP contribution in [-0.4, -0.2) is 41.4 Å². The minimum absolute atomic E-state index is 0.111. The number of anilines is 1. The van der Waals surface area contributed by atoms with E-state index in [0.717, 1.165) is 16.7 Å². The van der Waals surface area contributed by atoms with E-state index in [1.54, 1.807) is 28.9 Å². The Hall–Kier alpha value is -4.49. The van der Waals surface area contributed by atoms with Gasteiger partial charge in [-0.25, -0.2) is 0 Å². The number of nitrogens with zero attached hydrogens (tertiary/aromatic N) is 7. The van der Waals surface area contributed by atoms with Crippen LogP contribution in [-0.2, 0) is 4.79 Å². The van der Waals surface area contributed by atoms with Crippen LogP contribution in [0.1, 0.15) is 5.56 Å². The van der Waals surface area contributed by atoms with Gasteiger partial charge in [0.2, 0.25) is 5.91 Å². The maximum absolute atomic E-state index is 12.5. The van der Waals surface area contributed by atoms with Crippen molar-refractivity contribution < 1.29 is 4.79 Å². The fraction of sp³-hybridized carbons (Fsp3) is 0.0435. The quantitative estimate of drug-likeness (QED) is 0.392. The molecule has 33 heavy (non-hydrogen) atoms. The number of para-hydroxylation sites is 2. The summed E-state index contributed by atoms with van der Waals surface area (Å²) < 4.78 is 3.47. The summed E-state index contributed by atoms with van der Waals surface area (Å²) in [6, 6.07) is 26.1. The lowest BCUT2D eigenvalue weighted by Gasteiger charge is -2.10. The van der Waals surface area contributed by atoms with Crippen molar-refractivity contribution >= 4 is 34.4 Å². The predicted octanol–water partition coefficient (Wildman–Crippen LogP) is 3.60. The molecule has 2 heterocycles. The topological polar surface area (TPSA) is 114 Å². The number of benzene rings is 3. The van der Waals surface area contributed by atoms with Crippen LogP contribution in [0.2, 0.25) is 0 Å². The molecule has 5 aromatic rings. The van der Waals surface area contributed by atoms with Gasteiger partial charge in [-0.05, 0) is 42.5 Å². The molecule has 0 aliphatic rings. The summed E-state index contributed by atoms with van der Waals surface area (Å²) in [5.74, 6) is 0.366. The van der Waals surface area contributed by atoms with E-state index in [1.807, 2.05) is 59.2 Å². The average molecular weight is 453 g/mol. The molecule has 2 aromatic heterocycles. The Balaban J connectivity index is 1.44. The van der Waals surface area contributed by atoms with E-state index in [-0.39, 0.29) is 11.7 Å². The van der Waals surface area contributed by atoms with E-state index in [4.69, 9.17) is 5.26 Å². The minimum atomic E-state index is -0.217. The van der Waals surface area contributed by atoms with Crippen LogP contribution in [0.4, 0.5) is 5.69 Å². The number of thioether (sulfide) groups is 1. The molecule has 0 spiro atoms. The molecule has 0 radical (unpaired) electrons. The van der Waals surface area contributed by atoms with Crippen molar-refractivity contribution in [1.29, 1.82) is 5.26 Å². The molecule has 1 amide bonds. The van der Waals surface area contributed by atoms with Gasteiger partial charge in [0.1, 0.15) is 5.52 Å². The highest BCUT2D eigenvalue weighted by atomic mass is 32.2. The van der Waals surface area contributed by atoms with Crippen LogP contribution >= 0.6 is 11.8 Å². The maximum atomic E-state index is 12.5. The third-order valence-corrected chi connectivity index (χ3v) is 5.71. The molecule has 0 bridgehead atoms. The summed E-state index contributed by atoms with van der Waals surface area (Å²) in [6.07, 6.45) is 0. The van der Waals surface area contributed by atoms with Crippen LogP contribution in [0.25, 0.3) is 22.7 Å². The molecule has 5 rings (SSSR count). The first kappa shape index (κ1) is 20.4. The third kappa shape index (κ3) is 4.17. The Kier molecular flexibility index (Phi) is 5.53. The molecular weight excluding hydrogens is 436 g/mol. The first-order valence-electron chi connectivity index (χ1n) is 9.97. The molecule has 0 fully saturated rings. The van der Waals surface area contributed by atoms with Crippen LogP contribution < -0.4 is 5.32 Å². The summed E-state index contributed by atoms with van der Waals surface area (Å²) >= 11 is 1.25. The van der Waals surface area contributed by atoms with E-state index in [0.29, 0.717) is 22.4 Å². The zero-order valence-corrected chi connectivity index (χ0v) is 18.0. The number of hydrogen-bond acceptors (Lipinski definition) is 7. The van der Waals surface area contributed by atoms with Crippen molar-refractivity contribution in [3.63, 3.8) is 0 Å². The highest BCUT2D eigenvalue weighted by molar-refractivity contribution is 7.99. The van der Waals surface area contributed by atoms with Gasteiger partial charge < -0.3 is 5.32 Å². The second-order valence-electron chi connectivity index (χ2n) is 6.97. The van der Waals surface area contributed by atoms with Crippen LogP contribution in [0, 0.1) is 11.3 Å². The molecule has 9 nitrogen and oxygen atoms in total.